The van der Waals surface area contributed by atoms with E-state index in [-0.39, 0.29) is 19.0 Å². The minimum atomic E-state index is -3.77. The van der Waals surface area contributed by atoms with E-state index < -0.39 is 10.2 Å². The first-order valence-electron chi connectivity index (χ1n) is 4.79. The van der Waals surface area contributed by atoms with Gasteiger partial charge in [0.1, 0.15) is 12.4 Å². The zero-order valence-electron chi connectivity index (χ0n) is 8.75. The van der Waals surface area contributed by atoms with Crippen LogP contribution in [0.15, 0.2) is 22.6 Å². The first-order valence-corrected chi connectivity index (χ1v) is 6.23. The number of hydrogen-bond acceptors (Lipinski definition) is 5. The summed E-state index contributed by atoms with van der Waals surface area (Å²) in [6.45, 7) is -0.0527. The summed E-state index contributed by atoms with van der Waals surface area (Å²) >= 11 is 0. The Labute approximate surface area is 98.1 Å². The van der Waals surface area contributed by atoms with Crippen LogP contribution in [0.25, 0.3) is 0 Å². The van der Waals surface area contributed by atoms with Gasteiger partial charge in [-0.2, -0.15) is 8.42 Å². The number of aliphatic hydroxyl groups is 1. The molecule has 17 heavy (non-hydrogen) atoms. The second kappa shape index (κ2) is 4.22. The van der Waals surface area contributed by atoms with Gasteiger partial charge in [-0.1, -0.05) is 6.07 Å². The molecule has 92 valence electrons. The van der Waals surface area contributed by atoms with Crippen LogP contribution in [0.5, 0.6) is 5.75 Å². The largest absolute Gasteiger partial charge is 0.490 e. The Morgan fingerprint density at radius 1 is 1.47 bits per heavy atom. The molecule has 1 heterocycles. The highest BCUT2D eigenvalue weighted by atomic mass is 32.2. The third kappa shape index (κ3) is 2.32. The maximum absolute atomic E-state index is 11.3. The minimum absolute atomic E-state index is 0.0937. The second-order valence-corrected chi connectivity index (χ2v) is 4.64. The summed E-state index contributed by atoms with van der Waals surface area (Å²) in [4.78, 5) is 0. The number of rotatable bonds is 3. The van der Waals surface area contributed by atoms with Gasteiger partial charge in [-0.3, -0.25) is 4.72 Å². The van der Waals surface area contributed by atoms with E-state index in [9.17, 15) is 8.42 Å². The van der Waals surface area contributed by atoms with Crippen LogP contribution in [0, 0.1) is 0 Å². The van der Waals surface area contributed by atoms with Crippen molar-refractivity contribution < 1.29 is 18.3 Å². The Bertz CT molecular complexity index is 568. The normalized spacial score (nSPS) is 16.6. The van der Waals surface area contributed by atoms with Crippen LogP contribution in [0.2, 0.25) is 0 Å². The number of nitrogens with zero attached hydrogens (tertiary/aromatic N) is 1. The van der Waals surface area contributed by atoms with Crippen LogP contribution < -0.4 is 15.2 Å². The number of nitrogens with one attached hydrogen (secondary N) is 1. The number of hydrogen-bond donors (Lipinski definition) is 3. The molecule has 0 spiro atoms. The molecule has 8 heteroatoms. The van der Waals surface area contributed by atoms with Crippen molar-refractivity contribution in [1.82, 2.24) is 0 Å². The molecule has 0 aromatic heterocycles. The molecule has 0 saturated heterocycles. The van der Waals surface area contributed by atoms with Crippen molar-refractivity contribution in [2.24, 2.45) is 10.1 Å². The van der Waals surface area contributed by atoms with E-state index in [1.807, 2.05) is 0 Å². The molecule has 0 bridgehead atoms. The van der Waals surface area contributed by atoms with E-state index in [0.717, 1.165) is 0 Å². The molecule has 0 aliphatic carbocycles. The number of nitrogens with two attached hydrogens (primary N) is 1. The van der Waals surface area contributed by atoms with Gasteiger partial charge in [-0.05, 0) is 12.1 Å². The fourth-order valence-electron chi connectivity index (χ4n) is 1.49. The topological polar surface area (TPSA) is 114 Å². The highest BCUT2D eigenvalue weighted by molar-refractivity contribution is 7.91. The zero-order chi connectivity index (χ0) is 12.5. The van der Waals surface area contributed by atoms with Gasteiger partial charge in [0.25, 0.3) is 0 Å². The number of benzene rings is 1. The fraction of sp³-hybridized carbons (Fsp3) is 0.222. The first-order chi connectivity index (χ1) is 8.03. The molecular formula is C9H11N3O4S. The summed E-state index contributed by atoms with van der Waals surface area (Å²) in [5.74, 6) is 0.243. The van der Waals surface area contributed by atoms with Gasteiger partial charge in [-0.15, -0.1) is 4.40 Å². The molecule has 1 aromatic carbocycles. The number of aliphatic hydroxyl groups excluding tert-OH is 1. The van der Waals surface area contributed by atoms with Crippen LogP contribution in [-0.2, 0) is 10.2 Å². The first kappa shape index (κ1) is 11.7. The third-order valence-electron chi connectivity index (χ3n) is 2.09. The van der Waals surface area contributed by atoms with Gasteiger partial charge < -0.3 is 15.6 Å². The summed E-state index contributed by atoms with van der Waals surface area (Å²) in [6.07, 6.45) is 0. The molecule has 1 aromatic rings. The summed E-state index contributed by atoms with van der Waals surface area (Å²) in [5, 5.41) is 8.68. The predicted molar refractivity (Wildman–Crippen MR) is 62.3 cm³/mol. The SMILES string of the molecule is NC1=NS(=O)(=O)Nc2cccc(OCCO)c21. The fourth-order valence-corrected chi connectivity index (χ4v) is 2.34. The van der Waals surface area contributed by atoms with Crippen LogP contribution >= 0.6 is 0 Å². The maximum Gasteiger partial charge on any atom is 0.344 e. The molecule has 7 nitrogen and oxygen atoms in total. The molecule has 0 atom stereocenters. The molecule has 0 amide bonds. The van der Waals surface area contributed by atoms with Gasteiger partial charge >= 0.3 is 10.2 Å². The number of ether oxygens (including phenoxy) is 1. The van der Waals surface area contributed by atoms with Crippen molar-refractivity contribution in [3.05, 3.63) is 23.8 Å². The van der Waals surface area contributed by atoms with Crippen LogP contribution in [0.1, 0.15) is 5.56 Å². The van der Waals surface area contributed by atoms with E-state index in [1.165, 1.54) is 0 Å². The molecule has 0 radical (unpaired) electrons. The standard InChI is InChI=1S/C9H11N3O4S/c10-9-8-6(11-17(14,15)12-9)2-1-3-7(8)16-5-4-13/h1-3,11,13H,4-5H2,(H2,10,12). The molecule has 0 unspecified atom stereocenters. The van der Waals surface area contributed by atoms with Gasteiger partial charge in [0.15, 0.2) is 5.84 Å². The van der Waals surface area contributed by atoms with Crippen LogP contribution in [-0.4, -0.2) is 32.6 Å². The van der Waals surface area contributed by atoms with Crippen molar-refractivity contribution in [2.45, 2.75) is 0 Å². The van der Waals surface area contributed by atoms with Crippen LogP contribution in [0.3, 0.4) is 0 Å². The average Bonchev–Trinajstić information content (AvgIpc) is 2.23. The molecule has 4 N–H and O–H groups in total. The van der Waals surface area contributed by atoms with E-state index >= 15 is 0 Å². The predicted octanol–water partition coefficient (Wildman–Crippen LogP) is -0.567. The Morgan fingerprint density at radius 2 is 2.24 bits per heavy atom. The summed E-state index contributed by atoms with van der Waals surface area (Å²) < 4.78 is 33.4. The zero-order valence-corrected chi connectivity index (χ0v) is 9.57. The quantitative estimate of drug-likeness (QED) is 0.671. The Kier molecular flexibility index (Phi) is 2.90. The van der Waals surface area contributed by atoms with Gasteiger partial charge in [0, 0.05) is 0 Å². The summed E-state index contributed by atoms with van der Waals surface area (Å²) in [5.41, 5.74) is 6.28. The number of fused-ring (bicyclic) bond motifs is 1. The Morgan fingerprint density at radius 3 is 2.94 bits per heavy atom. The highest BCUT2D eigenvalue weighted by Gasteiger charge is 2.24. The van der Waals surface area contributed by atoms with Crippen molar-refractivity contribution in [3.8, 4) is 5.75 Å². The monoisotopic (exact) mass is 257 g/mol. The van der Waals surface area contributed by atoms with E-state index in [2.05, 4.69) is 9.12 Å². The molecule has 1 aliphatic heterocycles. The molecule has 1 aliphatic rings. The van der Waals surface area contributed by atoms with Gasteiger partial charge in [-0.25, -0.2) is 0 Å². The van der Waals surface area contributed by atoms with Crippen LogP contribution in [0.4, 0.5) is 5.69 Å². The van der Waals surface area contributed by atoms with Crippen molar-refractivity contribution in [1.29, 1.82) is 0 Å². The minimum Gasteiger partial charge on any atom is -0.490 e. The van der Waals surface area contributed by atoms with Crippen molar-refractivity contribution in [3.63, 3.8) is 0 Å². The summed E-state index contributed by atoms with van der Waals surface area (Å²) in [6, 6.07) is 4.80. The Hall–Kier alpha value is -1.80. The van der Waals surface area contributed by atoms with E-state index in [4.69, 9.17) is 15.6 Å². The lowest BCUT2D eigenvalue weighted by atomic mass is 10.1. The third-order valence-corrected chi connectivity index (χ3v) is 3.00. The van der Waals surface area contributed by atoms with Crippen molar-refractivity contribution >= 4 is 21.7 Å². The highest BCUT2D eigenvalue weighted by Crippen LogP contribution is 2.30. The lowest BCUT2D eigenvalue weighted by Crippen LogP contribution is -2.27. The van der Waals surface area contributed by atoms with Gasteiger partial charge in [0.2, 0.25) is 0 Å². The van der Waals surface area contributed by atoms with Crippen molar-refractivity contribution in [2.75, 3.05) is 17.9 Å². The number of anilines is 1. The average molecular weight is 257 g/mol. The number of amidine groups is 1. The van der Waals surface area contributed by atoms with E-state index in [0.29, 0.717) is 17.0 Å². The Balaban J connectivity index is 2.49. The summed E-state index contributed by atoms with van der Waals surface area (Å²) in [7, 11) is -3.77. The molecule has 0 fully saturated rings. The lowest BCUT2D eigenvalue weighted by Gasteiger charge is -2.18. The second-order valence-electron chi connectivity index (χ2n) is 3.30. The van der Waals surface area contributed by atoms with Gasteiger partial charge in [0.05, 0.1) is 17.9 Å². The van der Waals surface area contributed by atoms with E-state index in [1.54, 1.807) is 18.2 Å². The molecule has 2 rings (SSSR count). The molecule has 0 saturated carbocycles. The molecular weight excluding hydrogens is 246 g/mol. The smallest absolute Gasteiger partial charge is 0.344 e. The lowest BCUT2D eigenvalue weighted by molar-refractivity contribution is 0.201. The maximum atomic E-state index is 11.3.